The zero-order valence-corrected chi connectivity index (χ0v) is 11.2. The second-order valence-corrected chi connectivity index (χ2v) is 5.95. The Balaban J connectivity index is 3.00. The van der Waals surface area contributed by atoms with E-state index >= 15 is 0 Å². The number of carboxylic acid groups (broad SMARTS) is 1. The first-order chi connectivity index (χ1) is 8.08. The van der Waals surface area contributed by atoms with Gasteiger partial charge in [-0.2, -0.15) is 13.2 Å². The molecule has 0 aliphatic carbocycles. The molecule has 1 atom stereocenters. The molecule has 1 unspecified atom stereocenters. The molecule has 0 aromatic carbocycles. The maximum atomic E-state index is 12.6. The molecule has 0 spiro atoms. The highest BCUT2D eigenvalue weighted by Crippen LogP contribution is 2.31. The maximum Gasteiger partial charge on any atom is 0.422 e. The van der Waals surface area contributed by atoms with Gasteiger partial charge in [0.05, 0.1) is 8.66 Å². The van der Waals surface area contributed by atoms with Crippen LogP contribution in [-0.4, -0.2) is 28.7 Å². The third-order valence-electron chi connectivity index (χ3n) is 2.16. The van der Waals surface area contributed by atoms with Crippen molar-refractivity contribution in [2.45, 2.75) is 18.6 Å². The lowest BCUT2D eigenvalue weighted by Crippen LogP contribution is -2.61. The van der Waals surface area contributed by atoms with Crippen molar-refractivity contribution in [2.24, 2.45) is 0 Å². The fraction of sp³-hybridized carbons (Fsp3) is 0.333. The molecule has 18 heavy (non-hydrogen) atoms. The Labute approximate surface area is 112 Å². The largest absolute Gasteiger partial charge is 0.479 e. The Kier molecular flexibility index (Phi) is 4.06. The third-order valence-corrected chi connectivity index (χ3v) is 3.78. The number of nitrogens with one attached hydrogen (secondary N) is 1. The normalized spacial score (nSPS) is 14.9. The summed E-state index contributed by atoms with van der Waals surface area (Å²) in [5.41, 5.74) is -3.32. The van der Waals surface area contributed by atoms with Gasteiger partial charge >= 0.3 is 12.1 Å². The molecule has 1 aromatic rings. The molecule has 100 valence electrons. The molecule has 0 aliphatic rings. The number of carbonyl (C=O) groups excluding carboxylic acids is 1. The molecule has 1 amide bonds. The average molecular weight is 346 g/mol. The van der Waals surface area contributed by atoms with Crippen molar-refractivity contribution in [3.63, 3.8) is 0 Å². The van der Waals surface area contributed by atoms with Crippen LogP contribution in [0.2, 0.25) is 0 Å². The van der Waals surface area contributed by atoms with Crippen LogP contribution in [0.3, 0.4) is 0 Å². The summed E-state index contributed by atoms with van der Waals surface area (Å²) in [6.45, 7) is 0.399. The van der Waals surface area contributed by atoms with E-state index in [9.17, 15) is 22.8 Å². The second-order valence-electron chi connectivity index (χ2n) is 3.49. The number of carboxylic acids is 1. The van der Waals surface area contributed by atoms with E-state index < -0.39 is 23.6 Å². The van der Waals surface area contributed by atoms with Crippen molar-refractivity contribution in [1.82, 2.24) is 5.32 Å². The molecule has 0 saturated carbocycles. The van der Waals surface area contributed by atoms with Crippen molar-refractivity contribution in [3.8, 4) is 0 Å². The van der Waals surface area contributed by atoms with E-state index in [0.717, 1.165) is 11.3 Å². The van der Waals surface area contributed by atoms with Crippen molar-refractivity contribution in [1.29, 1.82) is 0 Å². The van der Waals surface area contributed by atoms with E-state index in [-0.39, 0.29) is 4.88 Å². The Morgan fingerprint density at radius 2 is 1.94 bits per heavy atom. The third kappa shape index (κ3) is 2.83. The van der Waals surface area contributed by atoms with E-state index in [1.807, 2.05) is 0 Å². The molecule has 4 nitrogen and oxygen atoms in total. The van der Waals surface area contributed by atoms with E-state index in [0.29, 0.717) is 10.7 Å². The van der Waals surface area contributed by atoms with Crippen molar-refractivity contribution >= 4 is 39.1 Å². The molecular weight excluding hydrogens is 339 g/mol. The van der Waals surface area contributed by atoms with E-state index in [4.69, 9.17) is 5.11 Å². The number of thiophene rings is 1. The van der Waals surface area contributed by atoms with Gasteiger partial charge < -0.3 is 10.4 Å². The number of alkyl halides is 3. The fourth-order valence-electron chi connectivity index (χ4n) is 0.971. The van der Waals surface area contributed by atoms with Crippen LogP contribution in [0.4, 0.5) is 13.2 Å². The highest BCUT2D eigenvalue weighted by molar-refractivity contribution is 9.11. The van der Waals surface area contributed by atoms with Crippen LogP contribution in [-0.2, 0) is 4.79 Å². The molecule has 0 radical (unpaired) electrons. The molecule has 9 heteroatoms. The minimum absolute atomic E-state index is 0.0152. The van der Waals surface area contributed by atoms with Gasteiger partial charge in [-0.25, -0.2) is 4.79 Å². The van der Waals surface area contributed by atoms with Crippen LogP contribution < -0.4 is 5.32 Å². The SMILES string of the molecule is CC(NC(=O)c1ccc(Br)s1)(C(=O)O)C(F)(F)F. The lowest BCUT2D eigenvalue weighted by molar-refractivity contribution is -0.203. The molecule has 0 bridgehead atoms. The van der Waals surface area contributed by atoms with Gasteiger partial charge in [0, 0.05) is 0 Å². The molecule has 1 heterocycles. The van der Waals surface area contributed by atoms with Gasteiger partial charge in [0.25, 0.3) is 5.91 Å². The summed E-state index contributed by atoms with van der Waals surface area (Å²) in [7, 11) is 0. The van der Waals surface area contributed by atoms with Gasteiger partial charge in [0.2, 0.25) is 5.54 Å². The van der Waals surface area contributed by atoms with Crippen LogP contribution >= 0.6 is 27.3 Å². The topological polar surface area (TPSA) is 66.4 Å². The smallest absolute Gasteiger partial charge is 0.422 e. The summed E-state index contributed by atoms with van der Waals surface area (Å²) in [6.07, 6.45) is -5.09. The van der Waals surface area contributed by atoms with Gasteiger partial charge in [-0.3, -0.25) is 4.79 Å². The van der Waals surface area contributed by atoms with Gasteiger partial charge in [0.1, 0.15) is 0 Å². The first-order valence-corrected chi connectivity index (χ1v) is 6.07. The Hall–Kier alpha value is -1.09. The zero-order chi connectivity index (χ0) is 14.1. The molecule has 0 saturated heterocycles. The van der Waals surface area contributed by atoms with Crippen LogP contribution in [0, 0.1) is 0 Å². The average Bonchev–Trinajstić information content (AvgIpc) is 2.62. The van der Waals surface area contributed by atoms with Crippen LogP contribution in [0.1, 0.15) is 16.6 Å². The fourth-order valence-corrected chi connectivity index (χ4v) is 2.25. The molecule has 2 N–H and O–H groups in total. The molecule has 1 rings (SSSR count). The summed E-state index contributed by atoms with van der Waals surface area (Å²) < 4.78 is 38.5. The lowest BCUT2D eigenvalue weighted by atomic mass is 10.0. The number of halogens is 4. The summed E-state index contributed by atoms with van der Waals surface area (Å²) in [6, 6.07) is 2.77. The minimum atomic E-state index is -5.09. The lowest BCUT2D eigenvalue weighted by Gasteiger charge is -2.28. The van der Waals surface area contributed by atoms with Crippen LogP contribution in [0.25, 0.3) is 0 Å². The summed E-state index contributed by atoms with van der Waals surface area (Å²) in [4.78, 5) is 22.2. The monoisotopic (exact) mass is 345 g/mol. The molecule has 1 aromatic heterocycles. The van der Waals surface area contributed by atoms with Crippen molar-refractivity contribution in [2.75, 3.05) is 0 Å². The molecular formula is C9H7BrF3NO3S. The summed E-state index contributed by atoms with van der Waals surface area (Å²) in [5.74, 6) is -3.26. The second kappa shape index (κ2) is 4.88. The molecule has 0 fully saturated rings. The van der Waals surface area contributed by atoms with E-state index in [2.05, 4.69) is 15.9 Å². The van der Waals surface area contributed by atoms with E-state index in [1.54, 1.807) is 0 Å². The van der Waals surface area contributed by atoms with Gasteiger partial charge in [-0.1, -0.05) is 0 Å². The predicted octanol–water partition coefficient (Wildman–Crippen LogP) is 2.65. The number of rotatable bonds is 3. The number of hydrogen-bond donors (Lipinski definition) is 2. The van der Waals surface area contributed by atoms with Gasteiger partial charge in [0.15, 0.2) is 0 Å². The first-order valence-electron chi connectivity index (χ1n) is 4.46. The maximum absolute atomic E-state index is 12.6. The summed E-state index contributed by atoms with van der Waals surface area (Å²) >= 11 is 3.95. The number of carbonyl (C=O) groups is 2. The van der Waals surface area contributed by atoms with Gasteiger partial charge in [-0.15, -0.1) is 11.3 Å². The highest BCUT2D eigenvalue weighted by atomic mass is 79.9. The van der Waals surface area contributed by atoms with Crippen molar-refractivity contribution in [3.05, 3.63) is 20.8 Å². The number of aliphatic carboxylic acids is 1. The first kappa shape index (κ1) is 15.0. The van der Waals surface area contributed by atoms with Crippen molar-refractivity contribution < 1.29 is 27.9 Å². The van der Waals surface area contributed by atoms with Crippen LogP contribution in [0.15, 0.2) is 15.9 Å². The van der Waals surface area contributed by atoms with E-state index in [1.165, 1.54) is 17.4 Å². The van der Waals surface area contributed by atoms with Gasteiger partial charge in [-0.05, 0) is 35.0 Å². The Morgan fingerprint density at radius 3 is 2.28 bits per heavy atom. The minimum Gasteiger partial charge on any atom is -0.479 e. The standard InChI is InChI=1S/C9H7BrF3NO3S/c1-8(7(16)17,9(11,12)13)14-6(15)4-2-3-5(10)18-4/h2-3H,1H3,(H,14,15)(H,16,17). The quantitative estimate of drug-likeness (QED) is 0.884. The zero-order valence-electron chi connectivity index (χ0n) is 8.84. The molecule has 0 aliphatic heterocycles. The Bertz CT molecular complexity index is 488. The number of amides is 1. The summed E-state index contributed by atoms with van der Waals surface area (Å²) in [5, 5.41) is 10.1. The Morgan fingerprint density at radius 1 is 1.39 bits per heavy atom. The highest BCUT2D eigenvalue weighted by Gasteiger charge is 2.58. The number of hydrogen-bond acceptors (Lipinski definition) is 3. The predicted molar refractivity (Wildman–Crippen MR) is 61.6 cm³/mol. The van der Waals surface area contributed by atoms with Crippen LogP contribution in [0.5, 0.6) is 0 Å².